The van der Waals surface area contributed by atoms with Crippen molar-refractivity contribution in [2.45, 2.75) is 38.3 Å². The van der Waals surface area contributed by atoms with Crippen LogP contribution in [0.15, 0.2) is 24.3 Å². The molecule has 1 aliphatic rings. The van der Waals surface area contributed by atoms with Gasteiger partial charge in [0.25, 0.3) is 0 Å². The summed E-state index contributed by atoms with van der Waals surface area (Å²) in [5.41, 5.74) is -0.760. The summed E-state index contributed by atoms with van der Waals surface area (Å²) in [5, 5.41) is 14.7. The number of benzene rings is 1. The van der Waals surface area contributed by atoms with Crippen LogP contribution in [0.3, 0.4) is 0 Å². The fraction of sp³-hybridized carbons (Fsp3) is 0.500. The van der Waals surface area contributed by atoms with Crippen molar-refractivity contribution >= 4 is 17.8 Å². The van der Waals surface area contributed by atoms with Gasteiger partial charge in [-0.05, 0) is 13.0 Å². The van der Waals surface area contributed by atoms with E-state index in [2.05, 4.69) is 10.6 Å². The van der Waals surface area contributed by atoms with Gasteiger partial charge in [0.2, 0.25) is 11.8 Å². The lowest BCUT2D eigenvalue weighted by atomic mass is 9.97. The minimum Gasteiger partial charge on any atom is -0.494 e. The lowest BCUT2D eigenvalue weighted by molar-refractivity contribution is -0.147. The van der Waals surface area contributed by atoms with Gasteiger partial charge in [-0.2, -0.15) is 0 Å². The second-order valence-corrected chi connectivity index (χ2v) is 6.17. The maximum atomic E-state index is 12.5. The van der Waals surface area contributed by atoms with Gasteiger partial charge in [-0.15, -0.1) is 0 Å². The number of nitrogens with one attached hydrogen (secondary N) is 2. The number of amides is 2. The van der Waals surface area contributed by atoms with Crippen molar-refractivity contribution < 1.29 is 29.0 Å². The van der Waals surface area contributed by atoms with Gasteiger partial charge >= 0.3 is 5.97 Å². The first-order valence-corrected chi connectivity index (χ1v) is 8.49. The molecule has 0 saturated carbocycles. The van der Waals surface area contributed by atoms with E-state index in [0.717, 1.165) is 0 Å². The fourth-order valence-corrected chi connectivity index (χ4v) is 2.93. The summed E-state index contributed by atoms with van der Waals surface area (Å²) in [7, 11) is 0. The normalized spacial score (nSPS) is 20.2. The molecule has 8 heteroatoms. The number of rotatable bonds is 8. The van der Waals surface area contributed by atoms with Crippen molar-refractivity contribution in [3.8, 4) is 5.75 Å². The third-order valence-corrected chi connectivity index (χ3v) is 4.17. The molecular weight excluding hydrogens is 340 g/mol. The molecule has 2 unspecified atom stereocenters. The zero-order valence-corrected chi connectivity index (χ0v) is 14.9. The molecule has 1 heterocycles. The molecule has 0 radical (unpaired) electrons. The van der Waals surface area contributed by atoms with Crippen LogP contribution >= 0.6 is 0 Å². The number of carboxylic acid groups (broad SMARTS) is 1. The number of aliphatic carboxylic acids is 1. The lowest BCUT2D eigenvalue weighted by Crippen LogP contribution is -2.55. The van der Waals surface area contributed by atoms with Crippen LogP contribution in [0.1, 0.15) is 38.3 Å². The Morgan fingerprint density at radius 3 is 2.65 bits per heavy atom. The number of para-hydroxylation sites is 1. The van der Waals surface area contributed by atoms with E-state index in [1.165, 1.54) is 6.92 Å². The number of ether oxygens (including phenoxy) is 2. The van der Waals surface area contributed by atoms with Gasteiger partial charge in [0.1, 0.15) is 5.75 Å². The van der Waals surface area contributed by atoms with Crippen molar-refractivity contribution in [1.82, 2.24) is 10.6 Å². The maximum Gasteiger partial charge on any atom is 0.331 e. The van der Waals surface area contributed by atoms with Gasteiger partial charge < -0.3 is 25.2 Å². The minimum absolute atomic E-state index is 0.0750. The third-order valence-electron chi connectivity index (χ3n) is 4.17. The van der Waals surface area contributed by atoms with Gasteiger partial charge in [-0.1, -0.05) is 18.2 Å². The molecule has 0 aromatic heterocycles. The van der Waals surface area contributed by atoms with Crippen LogP contribution in [-0.2, 0) is 19.1 Å². The minimum atomic E-state index is -1.42. The van der Waals surface area contributed by atoms with Crippen molar-refractivity contribution in [1.29, 1.82) is 0 Å². The molecule has 2 rings (SSSR count). The number of hydrogen-bond acceptors (Lipinski definition) is 5. The molecule has 1 saturated heterocycles. The average Bonchev–Trinajstić information content (AvgIpc) is 3.04. The molecule has 142 valence electrons. The highest BCUT2D eigenvalue weighted by Gasteiger charge is 2.44. The Morgan fingerprint density at radius 2 is 2.08 bits per heavy atom. The van der Waals surface area contributed by atoms with Crippen LogP contribution in [0.25, 0.3) is 0 Å². The molecule has 26 heavy (non-hydrogen) atoms. The quantitative estimate of drug-likeness (QED) is 0.634. The summed E-state index contributed by atoms with van der Waals surface area (Å²) in [6.07, 6.45) is 0.0904. The van der Waals surface area contributed by atoms with Crippen LogP contribution in [0.5, 0.6) is 5.75 Å². The van der Waals surface area contributed by atoms with Crippen molar-refractivity contribution in [3.05, 3.63) is 29.8 Å². The smallest absolute Gasteiger partial charge is 0.331 e. The number of carbonyl (C=O) groups is 3. The Hall–Kier alpha value is -2.61. The molecule has 2 amide bonds. The molecule has 1 aromatic rings. The summed E-state index contributed by atoms with van der Waals surface area (Å²) >= 11 is 0. The van der Waals surface area contributed by atoms with E-state index in [4.69, 9.17) is 9.47 Å². The molecule has 0 aliphatic carbocycles. The second kappa shape index (κ2) is 8.66. The number of carbonyl (C=O) groups excluding carboxylic acids is 2. The predicted octanol–water partition coefficient (Wildman–Crippen LogP) is 1.01. The summed E-state index contributed by atoms with van der Waals surface area (Å²) < 4.78 is 10.7. The van der Waals surface area contributed by atoms with Crippen molar-refractivity contribution in [2.24, 2.45) is 0 Å². The first-order valence-electron chi connectivity index (χ1n) is 8.49. The summed E-state index contributed by atoms with van der Waals surface area (Å²) in [6, 6.07) is 6.48. The van der Waals surface area contributed by atoms with E-state index in [1.807, 2.05) is 6.92 Å². The van der Waals surface area contributed by atoms with E-state index in [1.54, 1.807) is 24.3 Å². The standard InChI is InChI=1S/C18H24N2O6/c1-3-26-15-7-5-4-6-13(15)14(19-12(2)21)10-16(22)20-18(17(23)24)8-9-25-11-18/h4-7,14H,3,8-11H2,1-2H3,(H,19,21)(H,20,22)(H,23,24). The molecule has 3 N–H and O–H groups in total. The molecule has 8 nitrogen and oxygen atoms in total. The highest BCUT2D eigenvalue weighted by Crippen LogP contribution is 2.28. The van der Waals surface area contributed by atoms with Crippen LogP contribution in [-0.4, -0.2) is 48.2 Å². The van der Waals surface area contributed by atoms with Crippen LogP contribution < -0.4 is 15.4 Å². The predicted molar refractivity (Wildman–Crippen MR) is 92.7 cm³/mol. The second-order valence-electron chi connectivity index (χ2n) is 6.17. The Balaban J connectivity index is 2.19. The van der Waals surface area contributed by atoms with Crippen LogP contribution in [0.2, 0.25) is 0 Å². The summed E-state index contributed by atoms with van der Waals surface area (Å²) in [4.78, 5) is 35.7. The zero-order valence-electron chi connectivity index (χ0n) is 14.9. The number of hydrogen-bond donors (Lipinski definition) is 3. The first kappa shape index (κ1) is 19.7. The Labute approximate surface area is 151 Å². The summed E-state index contributed by atoms with van der Waals surface area (Å²) in [6.45, 7) is 3.84. The van der Waals surface area contributed by atoms with E-state index >= 15 is 0 Å². The van der Waals surface area contributed by atoms with Gasteiger partial charge in [0, 0.05) is 25.5 Å². The molecule has 0 spiro atoms. The molecule has 1 aliphatic heterocycles. The molecule has 1 fully saturated rings. The number of carboxylic acids is 1. The topological polar surface area (TPSA) is 114 Å². The largest absolute Gasteiger partial charge is 0.494 e. The molecule has 0 bridgehead atoms. The fourth-order valence-electron chi connectivity index (χ4n) is 2.93. The monoisotopic (exact) mass is 364 g/mol. The first-order chi connectivity index (χ1) is 12.4. The van der Waals surface area contributed by atoms with Gasteiger partial charge in [-0.25, -0.2) is 4.79 Å². The van der Waals surface area contributed by atoms with Crippen LogP contribution in [0, 0.1) is 0 Å². The van der Waals surface area contributed by atoms with Crippen molar-refractivity contribution in [3.63, 3.8) is 0 Å². The van der Waals surface area contributed by atoms with Gasteiger partial charge in [0.05, 0.1) is 25.7 Å². The van der Waals surface area contributed by atoms with E-state index in [-0.39, 0.29) is 32.0 Å². The zero-order chi connectivity index (χ0) is 19.2. The van der Waals surface area contributed by atoms with Crippen molar-refractivity contribution in [2.75, 3.05) is 19.8 Å². The Kier molecular flexibility index (Phi) is 6.57. The third kappa shape index (κ3) is 4.72. The molecular formula is C18H24N2O6. The molecule has 2 atom stereocenters. The summed E-state index contributed by atoms with van der Waals surface area (Å²) in [5.74, 6) is -1.35. The highest BCUT2D eigenvalue weighted by atomic mass is 16.5. The Bertz CT molecular complexity index is 669. The Morgan fingerprint density at radius 1 is 1.35 bits per heavy atom. The van der Waals surface area contributed by atoms with Crippen LogP contribution in [0.4, 0.5) is 0 Å². The van der Waals surface area contributed by atoms with Gasteiger partial charge in [-0.3, -0.25) is 9.59 Å². The van der Waals surface area contributed by atoms with E-state index in [0.29, 0.717) is 17.9 Å². The van der Waals surface area contributed by atoms with E-state index in [9.17, 15) is 19.5 Å². The average molecular weight is 364 g/mol. The maximum absolute atomic E-state index is 12.5. The van der Waals surface area contributed by atoms with E-state index < -0.39 is 23.5 Å². The highest BCUT2D eigenvalue weighted by molar-refractivity contribution is 5.88. The van der Waals surface area contributed by atoms with Gasteiger partial charge in [0.15, 0.2) is 5.54 Å². The molecule has 1 aromatic carbocycles. The SMILES string of the molecule is CCOc1ccccc1C(CC(=O)NC1(C(=O)O)CCOC1)NC(C)=O. The lowest BCUT2D eigenvalue weighted by Gasteiger charge is -2.26.